The summed E-state index contributed by atoms with van der Waals surface area (Å²) in [5.41, 5.74) is -0.591. The number of aliphatic hydroxyl groups is 1. The Kier molecular flexibility index (Phi) is 3.09. The van der Waals surface area contributed by atoms with Crippen LogP contribution in [0.15, 0.2) is 6.20 Å². The van der Waals surface area contributed by atoms with Crippen LogP contribution >= 0.6 is 11.3 Å². The molecule has 2 heterocycles. The fourth-order valence-corrected chi connectivity index (χ4v) is 2.85. The van der Waals surface area contributed by atoms with Gasteiger partial charge in [-0.3, -0.25) is 4.79 Å². The second-order valence-corrected chi connectivity index (χ2v) is 5.73. The van der Waals surface area contributed by atoms with Gasteiger partial charge in [0, 0.05) is 19.3 Å². The summed E-state index contributed by atoms with van der Waals surface area (Å²) in [5.74, 6) is 0.0116. The van der Waals surface area contributed by atoms with Crippen molar-refractivity contribution >= 4 is 22.4 Å². The SMILES string of the molecule is CC(O)c1cnc(N2CCNC(=O)C2(C)C)s1. The molecule has 6 heteroatoms. The Morgan fingerprint density at radius 1 is 1.65 bits per heavy atom. The number of anilines is 1. The van der Waals surface area contributed by atoms with E-state index < -0.39 is 11.6 Å². The molecule has 1 aromatic rings. The molecule has 17 heavy (non-hydrogen) atoms. The Labute approximate surface area is 104 Å². The summed E-state index contributed by atoms with van der Waals surface area (Å²) in [4.78, 5) is 18.9. The van der Waals surface area contributed by atoms with E-state index in [0.717, 1.165) is 16.6 Å². The molecule has 2 N–H and O–H groups in total. The number of hydrogen-bond donors (Lipinski definition) is 2. The zero-order valence-electron chi connectivity index (χ0n) is 10.2. The van der Waals surface area contributed by atoms with E-state index in [4.69, 9.17) is 0 Å². The van der Waals surface area contributed by atoms with Crippen molar-refractivity contribution in [1.29, 1.82) is 0 Å². The highest BCUT2D eigenvalue weighted by atomic mass is 32.1. The average molecular weight is 255 g/mol. The van der Waals surface area contributed by atoms with Crippen LogP contribution in [0.1, 0.15) is 31.8 Å². The molecule has 94 valence electrons. The molecule has 0 aliphatic carbocycles. The molecule has 0 saturated carbocycles. The summed E-state index contributed by atoms with van der Waals surface area (Å²) in [7, 11) is 0. The van der Waals surface area contributed by atoms with E-state index in [1.807, 2.05) is 18.7 Å². The van der Waals surface area contributed by atoms with Gasteiger partial charge in [-0.05, 0) is 20.8 Å². The van der Waals surface area contributed by atoms with Crippen molar-refractivity contribution in [2.24, 2.45) is 0 Å². The molecule has 1 amide bonds. The largest absolute Gasteiger partial charge is 0.388 e. The molecule has 1 unspecified atom stereocenters. The predicted octanol–water partition coefficient (Wildman–Crippen LogP) is 0.911. The van der Waals surface area contributed by atoms with Crippen molar-refractivity contribution in [1.82, 2.24) is 10.3 Å². The zero-order valence-corrected chi connectivity index (χ0v) is 11.0. The van der Waals surface area contributed by atoms with E-state index in [2.05, 4.69) is 10.3 Å². The summed E-state index contributed by atoms with van der Waals surface area (Å²) in [6, 6.07) is 0. The molecular weight excluding hydrogens is 238 g/mol. The Morgan fingerprint density at radius 2 is 2.35 bits per heavy atom. The van der Waals surface area contributed by atoms with Crippen LogP contribution in [0.4, 0.5) is 5.13 Å². The van der Waals surface area contributed by atoms with Gasteiger partial charge in [0.15, 0.2) is 5.13 Å². The van der Waals surface area contributed by atoms with Crippen LogP contribution in [0.2, 0.25) is 0 Å². The molecule has 1 aliphatic heterocycles. The second-order valence-electron chi connectivity index (χ2n) is 4.69. The molecule has 0 radical (unpaired) electrons. The third-order valence-electron chi connectivity index (χ3n) is 3.01. The van der Waals surface area contributed by atoms with E-state index in [-0.39, 0.29) is 5.91 Å². The summed E-state index contributed by atoms with van der Waals surface area (Å²) in [5, 5.41) is 13.1. The molecule has 2 rings (SSSR count). The van der Waals surface area contributed by atoms with Gasteiger partial charge in [0.25, 0.3) is 0 Å². The molecule has 1 aromatic heterocycles. The van der Waals surface area contributed by atoms with Crippen LogP contribution < -0.4 is 10.2 Å². The van der Waals surface area contributed by atoms with Crippen molar-refractivity contribution in [3.8, 4) is 0 Å². The molecule has 0 spiro atoms. The van der Waals surface area contributed by atoms with Gasteiger partial charge in [0.2, 0.25) is 5.91 Å². The smallest absolute Gasteiger partial charge is 0.245 e. The van der Waals surface area contributed by atoms with Gasteiger partial charge in [-0.25, -0.2) is 4.98 Å². The topological polar surface area (TPSA) is 65.5 Å². The second kappa shape index (κ2) is 4.27. The third-order valence-corrected chi connectivity index (χ3v) is 4.20. The monoisotopic (exact) mass is 255 g/mol. The fourth-order valence-electron chi connectivity index (χ4n) is 1.83. The maximum Gasteiger partial charge on any atom is 0.245 e. The number of thiazole rings is 1. The standard InChI is InChI=1S/C11H17N3O2S/c1-7(15)8-6-13-10(17-8)14-5-4-12-9(16)11(14,2)3/h6-7,15H,4-5H2,1-3H3,(H,12,16). The number of aliphatic hydroxyl groups excluding tert-OH is 1. The Bertz CT molecular complexity index is 428. The van der Waals surface area contributed by atoms with Crippen LogP contribution in [0.5, 0.6) is 0 Å². The Morgan fingerprint density at radius 3 is 2.94 bits per heavy atom. The number of carbonyl (C=O) groups is 1. The first-order chi connectivity index (χ1) is 7.93. The summed E-state index contributed by atoms with van der Waals surface area (Å²) in [6.07, 6.45) is 1.16. The van der Waals surface area contributed by atoms with Crippen LogP contribution in [0, 0.1) is 0 Å². The highest BCUT2D eigenvalue weighted by Gasteiger charge is 2.39. The minimum atomic E-state index is -0.591. The van der Waals surface area contributed by atoms with Crippen LogP contribution in [0.25, 0.3) is 0 Å². The molecule has 1 saturated heterocycles. The lowest BCUT2D eigenvalue weighted by molar-refractivity contribution is -0.126. The summed E-state index contributed by atoms with van der Waals surface area (Å²) >= 11 is 1.44. The third kappa shape index (κ3) is 2.14. The summed E-state index contributed by atoms with van der Waals surface area (Å²) < 4.78 is 0. The van der Waals surface area contributed by atoms with Crippen molar-refractivity contribution in [3.63, 3.8) is 0 Å². The number of rotatable bonds is 2. The van der Waals surface area contributed by atoms with Crippen molar-refractivity contribution in [2.75, 3.05) is 18.0 Å². The van der Waals surface area contributed by atoms with Crippen LogP contribution in [0.3, 0.4) is 0 Å². The lowest BCUT2D eigenvalue weighted by Gasteiger charge is -2.41. The lowest BCUT2D eigenvalue weighted by Crippen LogP contribution is -2.62. The number of carbonyl (C=O) groups excluding carboxylic acids is 1. The zero-order chi connectivity index (χ0) is 12.6. The first-order valence-corrected chi connectivity index (χ1v) is 6.44. The van der Waals surface area contributed by atoms with Gasteiger partial charge in [0.05, 0.1) is 11.0 Å². The van der Waals surface area contributed by atoms with E-state index in [1.165, 1.54) is 11.3 Å². The van der Waals surface area contributed by atoms with Crippen LogP contribution in [-0.4, -0.2) is 34.6 Å². The normalized spacial score (nSPS) is 21.2. The average Bonchev–Trinajstić information content (AvgIpc) is 2.71. The minimum absolute atomic E-state index is 0.0116. The van der Waals surface area contributed by atoms with Gasteiger partial charge in [-0.1, -0.05) is 11.3 Å². The van der Waals surface area contributed by atoms with E-state index in [9.17, 15) is 9.90 Å². The Balaban J connectivity index is 2.28. The molecule has 1 aliphatic rings. The first-order valence-electron chi connectivity index (χ1n) is 5.62. The van der Waals surface area contributed by atoms with E-state index >= 15 is 0 Å². The number of nitrogens with zero attached hydrogens (tertiary/aromatic N) is 2. The van der Waals surface area contributed by atoms with Crippen molar-refractivity contribution < 1.29 is 9.90 Å². The number of amides is 1. The highest BCUT2D eigenvalue weighted by molar-refractivity contribution is 7.15. The molecule has 0 aromatic carbocycles. The van der Waals surface area contributed by atoms with Gasteiger partial charge in [0.1, 0.15) is 5.54 Å². The minimum Gasteiger partial charge on any atom is -0.388 e. The van der Waals surface area contributed by atoms with Gasteiger partial charge >= 0.3 is 0 Å². The van der Waals surface area contributed by atoms with Gasteiger partial charge in [-0.15, -0.1) is 0 Å². The van der Waals surface area contributed by atoms with Crippen molar-refractivity contribution in [2.45, 2.75) is 32.4 Å². The van der Waals surface area contributed by atoms with Crippen LogP contribution in [-0.2, 0) is 4.79 Å². The highest BCUT2D eigenvalue weighted by Crippen LogP contribution is 2.32. The molecule has 1 fully saturated rings. The van der Waals surface area contributed by atoms with Gasteiger partial charge < -0.3 is 15.3 Å². The first kappa shape index (κ1) is 12.3. The molecule has 5 nitrogen and oxygen atoms in total. The quantitative estimate of drug-likeness (QED) is 0.824. The van der Waals surface area contributed by atoms with Gasteiger partial charge in [-0.2, -0.15) is 0 Å². The molecule has 1 atom stereocenters. The van der Waals surface area contributed by atoms with E-state index in [1.54, 1.807) is 13.1 Å². The number of aromatic nitrogens is 1. The Hall–Kier alpha value is -1.14. The van der Waals surface area contributed by atoms with Crippen molar-refractivity contribution in [3.05, 3.63) is 11.1 Å². The number of piperazine rings is 1. The molecule has 0 bridgehead atoms. The maximum atomic E-state index is 11.8. The fraction of sp³-hybridized carbons (Fsp3) is 0.636. The number of hydrogen-bond acceptors (Lipinski definition) is 5. The molecular formula is C11H17N3O2S. The van der Waals surface area contributed by atoms with E-state index in [0.29, 0.717) is 6.54 Å². The number of nitrogens with one attached hydrogen (secondary N) is 1. The predicted molar refractivity (Wildman–Crippen MR) is 67.2 cm³/mol. The summed E-state index contributed by atoms with van der Waals surface area (Å²) in [6.45, 7) is 6.85. The maximum absolute atomic E-state index is 11.8. The lowest BCUT2D eigenvalue weighted by atomic mass is 10.00.